The Morgan fingerprint density at radius 3 is 2.17 bits per heavy atom. The van der Waals surface area contributed by atoms with Crippen molar-refractivity contribution in [3.05, 3.63) is 34.9 Å². The molecular weight excluding hydrogens is 312 g/mol. The SMILES string of the molecule is CCC(CC)C(=O)N1CCCN(C(=O)c2ccc(Cl)cc2)CC1. The predicted octanol–water partition coefficient (Wildman–Crippen LogP) is 3.45. The Kier molecular flexibility index (Phi) is 6.46. The summed E-state index contributed by atoms with van der Waals surface area (Å²) in [5, 5.41) is 0.624. The van der Waals surface area contributed by atoms with Gasteiger partial charge in [-0.05, 0) is 43.5 Å². The molecule has 4 nitrogen and oxygen atoms in total. The summed E-state index contributed by atoms with van der Waals surface area (Å²) in [5.74, 6) is 0.350. The van der Waals surface area contributed by atoms with E-state index < -0.39 is 0 Å². The van der Waals surface area contributed by atoms with E-state index >= 15 is 0 Å². The van der Waals surface area contributed by atoms with Gasteiger partial charge in [0.25, 0.3) is 5.91 Å². The topological polar surface area (TPSA) is 40.6 Å². The number of rotatable bonds is 4. The van der Waals surface area contributed by atoms with Gasteiger partial charge >= 0.3 is 0 Å². The van der Waals surface area contributed by atoms with Gasteiger partial charge in [0.1, 0.15) is 0 Å². The molecule has 0 spiro atoms. The van der Waals surface area contributed by atoms with Gasteiger partial charge in [0.15, 0.2) is 0 Å². The average Bonchev–Trinajstić information content (AvgIpc) is 2.82. The molecule has 0 aromatic heterocycles. The van der Waals surface area contributed by atoms with Crippen LogP contribution in [0, 0.1) is 5.92 Å². The standard InChI is InChI=1S/C18H25ClN2O2/c1-3-14(4-2)17(22)20-10-5-11-21(13-12-20)18(23)15-6-8-16(19)9-7-15/h6-9,14H,3-5,10-13H2,1-2H3. The van der Waals surface area contributed by atoms with E-state index in [1.807, 2.05) is 9.80 Å². The van der Waals surface area contributed by atoms with Crippen LogP contribution in [0.1, 0.15) is 43.5 Å². The summed E-state index contributed by atoms with van der Waals surface area (Å²) in [5.41, 5.74) is 0.647. The van der Waals surface area contributed by atoms with E-state index in [1.54, 1.807) is 24.3 Å². The molecule has 1 aromatic carbocycles. The molecule has 0 atom stereocenters. The van der Waals surface area contributed by atoms with Crippen molar-refractivity contribution < 1.29 is 9.59 Å². The summed E-state index contributed by atoms with van der Waals surface area (Å²) in [6, 6.07) is 6.97. The first-order valence-corrected chi connectivity index (χ1v) is 8.78. The van der Waals surface area contributed by atoms with Crippen LogP contribution in [0.3, 0.4) is 0 Å². The van der Waals surface area contributed by atoms with Gasteiger partial charge in [-0.1, -0.05) is 25.4 Å². The second kappa shape index (κ2) is 8.34. The van der Waals surface area contributed by atoms with Crippen LogP contribution in [0.4, 0.5) is 0 Å². The number of hydrogen-bond donors (Lipinski definition) is 0. The lowest BCUT2D eigenvalue weighted by molar-refractivity contribution is -0.135. The van der Waals surface area contributed by atoms with E-state index in [9.17, 15) is 9.59 Å². The smallest absolute Gasteiger partial charge is 0.253 e. The van der Waals surface area contributed by atoms with E-state index in [2.05, 4.69) is 13.8 Å². The summed E-state index contributed by atoms with van der Waals surface area (Å²) < 4.78 is 0. The summed E-state index contributed by atoms with van der Waals surface area (Å²) in [6.07, 6.45) is 2.57. The molecule has 0 saturated carbocycles. The second-order valence-corrected chi connectivity index (χ2v) is 6.43. The molecule has 0 bridgehead atoms. The Morgan fingerprint density at radius 2 is 1.57 bits per heavy atom. The molecule has 23 heavy (non-hydrogen) atoms. The van der Waals surface area contributed by atoms with Crippen LogP contribution in [0.15, 0.2) is 24.3 Å². The maximum Gasteiger partial charge on any atom is 0.253 e. The highest BCUT2D eigenvalue weighted by molar-refractivity contribution is 6.30. The zero-order valence-corrected chi connectivity index (χ0v) is 14.7. The monoisotopic (exact) mass is 336 g/mol. The molecule has 2 amide bonds. The van der Waals surface area contributed by atoms with Crippen LogP contribution in [0.2, 0.25) is 5.02 Å². The van der Waals surface area contributed by atoms with Crippen LogP contribution < -0.4 is 0 Å². The van der Waals surface area contributed by atoms with Crippen LogP contribution >= 0.6 is 11.6 Å². The van der Waals surface area contributed by atoms with Crippen molar-refractivity contribution >= 4 is 23.4 Å². The van der Waals surface area contributed by atoms with E-state index in [-0.39, 0.29) is 17.7 Å². The third-order valence-corrected chi connectivity index (χ3v) is 4.77. The lowest BCUT2D eigenvalue weighted by Gasteiger charge is -2.25. The van der Waals surface area contributed by atoms with Crippen molar-refractivity contribution in [3.8, 4) is 0 Å². The van der Waals surface area contributed by atoms with Gasteiger partial charge in [-0.15, -0.1) is 0 Å². The molecule has 1 aliphatic rings. The highest BCUT2D eigenvalue weighted by atomic mass is 35.5. The molecule has 0 N–H and O–H groups in total. The third kappa shape index (κ3) is 4.47. The minimum Gasteiger partial charge on any atom is -0.341 e. The zero-order chi connectivity index (χ0) is 16.8. The maximum absolute atomic E-state index is 12.6. The average molecular weight is 337 g/mol. The molecule has 1 aromatic rings. The molecule has 0 aliphatic carbocycles. The normalized spacial score (nSPS) is 15.7. The molecule has 126 valence electrons. The molecule has 2 rings (SSSR count). The second-order valence-electron chi connectivity index (χ2n) is 5.99. The fourth-order valence-electron chi connectivity index (χ4n) is 3.01. The highest BCUT2D eigenvalue weighted by Gasteiger charge is 2.25. The first kappa shape index (κ1) is 17.8. The fourth-order valence-corrected chi connectivity index (χ4v) is 3.14. The van der Waals surface area contributed by atoms with E-state index in [0.717, 1.165) is 25.8 Å². The van der Waals surface area contributed by atoms with Crippen LogP contribution in [-0.2, 0) is 4.79 Å². The van der Waals surface area contributed by atoms with Crippen LogP contribution in [0.25, 0.3) is 0 Å². The molecule has 1 saturated heterocycles. The van der Waals surface area contributed by atoms with Crippen molar-refractivity contribution in [2.24, 2.45) is 5.92 Å². The maximum atomic E-state index is 12.6. The summed E-state index contributed by atoms with van der Waals surface area (Å²) in [6.45, 7) is 6.75. The fraction of sp³-hybridized carbons (Fsp3) is 0.556. The number of hydrogen-bond acceptors (Lipinski definition) is 2. The Labute approximate surface area is 143 Å². The van der Waals surface area contributed by atoms with Gasteiger partial charge in [0, 0.05) is 42.7 Å². The third-order valence-electron chi connectivity index (χ3n) is 4.52. The summed E-state index contributed by atoms with van der Waals surface area (Å²) >= 11 is 5.87. The van der Waals surface area contributed by atoms with Crippen molar-refractivity contribution in [1.82, 2.24) is 9.80 Å². The number of carbonyl (C=O) groups excluding carboxylic acids is 2. The van der Waals surface area contributed by atoms with Crippen LogP contribution in [-0.4, -0.2) is 47.8 Å². The Balaban J connectivity index is 1.99. The highest BCUT2D eigenvalue weighted by Crippen LogP contribution is 2.16. The zero-order valence-electron chi connectivity index (χ0n) is 13.9. The van der Waals surface area contributed by atoms with Gasteiger partial charge in [0.05, 0.1) is 0 Å². The van der Waals surface area contributed by atoms with Crippen LogP contribution in [0.5, 0.6) is 0 Å². The Bertz CT molecular complexity index is 540. The predicted molar refractivity (Wildman–Crippen MR) is 92.6 cm³/mol. The molecule has 1 aliphatic heterocycles. The minimum atomic E-state index is 0.0125. The van der Waals surface area contributed by atoms with Crippen molar-refractivity contribution in [1.29, 1.82) is 0 Å². The molecule has 0 unspecified atom stereocenters. The molecule has 0 radical (unpaired) electrons. The van der Waals surface area contributed by atoms with Gasteiger partial charge in [-0.25, -0.2) is 0 Å². The molecule has 5 heteroatoms. The van der Waals surface area contributed by atoms with Gasteiger partial charge in [0.2, 0.25) is 5.91 Å². The van der Waals surface area contributed by atoms with Gasteiger partial charge in [-0.3, -0.25) is 9.59 Å². The lowest BCUT2D eigenvalue weighted by Crippen LogP contribution is -2.39. The van der Waals surface area contributed by atoms with Crippen molar-refractivity contribution in [3.63, 3.8) is 0 Å². The molecule has 1 fully saturated rings. The number of halogens is 1. The first-order chi connectivity index (χ1) is 11.1. The van der Waals surface area contributed by atoms with Gasteiger partial charge < -0.3 is 9.80 Å². The summed E-state index contributed by atoms with van der Waals surface area (Å²) in [4.78, 5) is 28.8. The van der Waals surface area contributed by atoms with Crippen molar-refractivity contribution in [2.45, 2.75) is 33.1 Å². The first-order valence-electron chi connectivity index (χ1n) is 8.40. The summed E-state index contributed by atoms with van der Waals surface area (Å²) in [7, 11) is 0. The Morgan fingerprint density at radius 1 is 1.00 bits per heavy atom. The number of amides is 2. The van der Waals surface area contributed by atoms with E-state index in [0.29, 0.717) is 30.2 Å². The van der Waals surface area contributed by atoms with E-state index in [1.165, 1.54) is 0 Å². The quantitative estimate of drug-likeness (QED) is 0.845. The largest absolute Gasteiger partial charge is 0.341 e. The number of benzene rings is 1. The number of nitrogens with zero attached hydrogens (tertiary/aromatic N) is 2. The number of carbonyl (C=O) groups is 2. The van der Waals surface area contributed by atoms with Crippen molar-refractivity contribution in [2.75, 3.05) is 26.2 Å². The molecular formula is C18H25ClN2O2. The molecule has 1 heterocycles. The minimum absolute atomic E-state index is 0.0125. The lowest BCUT2D eigenvalue weighted by atomic mass is 10.0. The Hall–Kier alpha value is -1.55. The van der Waals surface area contributed by atoms with Gasteiger partial charge in [-0.2, -0.15) is 0 Å². The van der Waals surface area contributed by atoms with E-state index in [4.69, 9.17) is 11.6 Å².